The molecule has 0 aromatic heterocycles. The highest BCUT2D eigenvalue weighted by atomic mass is 16.3. The Bertz CT molecular complexity index is 596. The van der Waals surface area contributed by atoms with E-state index in [-0.39, 0.29) is 5.91 Å². The summed E-state index contributed by atoms with van der Waals surface area (Å²) in [6.07, 6.45) is 0.444. The Kier molecular flexibility index (Phi) is 14.1. The highest BCUT2D eigenvalue weighted by Crippen LogP contribution is 2.19. The Morgan fingerprint density at radius 2 is 0.879 bits per heavy atom. The van der Waals surface area contributed by atoms with Crippen LogP contribution in [0.2, 0.25) is 0 Å². The predicted octanol–water partition coefficient (Wildman–Crippen LogP) is -3.46. The van der Waals surface area contributed by atoms with E-state index in [1.165, 1.54) is 27.7 Å². The maximum absolute atomic E-state index is 12.4. The van der Waals surface area contributed by atoms with Crippen LogP contribution in [-0.4, -0.2) is 110 Å². The van der Waals surface area contributed by atoms with Crippen LogP contribution in [0.3, 0.4) is 0 Å². The van der Waals surface area contributed by atoms with Crippen molar-refractivity contribution in [2.75, 3.05) is 39.6 Å². The van der Waals surface area contributed by atoms with E-state index in [0.29, 0.717) is 6.42 Å². The molecular weight excluding hydrogens is 442 g/mol. The lowest BCUT2D eigenvalue weighted by molar-refractivity contribution is -0.131. The summed E-state index contributed by atoms with van der Waals surface area (Å²) in [6.45, 7) is 2.95. The van der Waals surface area contributed by atoms with Crippen LogP contribution in [0.25, 0.3) is 0 Å². The van der Waals surface area contributed by atoms with E-state index in [1.807, 2.05) is 0 Å². The minimum atomic E-state index is -1.64. The molecule has 0 heterocycles. The Morgan fingerprint density at radius 1 is 0.667 bits per heavy atom. The van der Waals surface area contributed by atoms with Gasteiger partial charge in [0.05, 0.1) is 39.6 Å². The average molecular weight is 482 g/mol. The van der Waals surface area contributed by atoms with Crippen molar-refractivity contribution in [3.8, 4) is 0 Å². The number of hydrogen-bond donors (Lipinski definition) is 9. The molecule has 14 nitrogen and oxygen atoms in total. The molecular formula is C19H39N5O9. The SMILES string of the molecule is CC(C)(N=NC(C)(C)C(=O)NC(CO)(CO)CO)C(=O)NC(CO)(CO)CO.CCC(N)=O. The maximum Gasteiger partial charge on any atom is 0.249 e. The molecule has 10 N–H and O–H groups in total. The first kappa shape index (κ1) is 32.9. The van der Waals surface area contributed by atoms with Gasteiger partial charge in [0, 0.05) is 6.42 Å². The second kappa shape index (κ2) is 14.1. The minimum Gasteiger partial charge on any atom is -0.394 e. The molecule has 0 aliphatic rings. The molecule has 3 amide bonds. The quantitative estimate of drug-likeness (QED) is 0.118. The van der Waals surface area contributed by atoms with Crippen LogP contribution in [0, 0.1) is 0 Å². The van der Waals surface area contributed by atoms with Crippen molar-refractivity contribution >= 4 is 17.7 Å². The molecule has 0 spiro atoms. The predicted molar refractivity (Wildman–Crippen MR) is 117 cm³/mol. The van der Waals surface area contributed by atoms with Crippen LogP contribution >= 0.6 is 0 Å². The van der Waals surface area contributed by atoms with Crippen LogP contribution in [-0.2, 0) is 14.4 Å². The van der Waals surface area contributed by atoms with Gasteiger partial charge in [-0.1, -0.05) is 6.92 Å². The number of amides is 3. The first-order valence-corrected chi connectivity index (χ1v) is 10.1. The van der Waals surface area contributed by atoms with Gasteiger partial charge >= 0.3 is 0 Å². The highest BCUT2D eigenvalue weighted by molar-refractivity contribution is 5.87. The summed E-state index contributed by atoms with van der Waals surface area (Å²) in [7, 11) is 0. The zero-order valence-electron chi connectivity index (χ0n) is 19.8. The third-order valence-corrected chi connectivity index (χ3v) is 4.58. The van der Waals surface area contributed by atoms with Gasteiger partial charge in [-0.25, -0.2) is 0 Å². The Hall–Kier alpha value is -2.23. The number of carbonyl (C=O) groups excluding carboxylic acids is 3. The van der Waals surface area contributed by atoms with E-state index in [9.17, 15) is 45.0 Å². The van der Waals surface area contributed by atoms with Gasteiger partial charge < -0.3 is 47.0 Å². The molecule has 33 heavy (non-hydrogen) atoms. The van der Waals surface area contributed by atoms with Crippen molar-refractivity contribution in [2.24, 2.45) is 16.0 Å². The van der Waals surface area contributed by atoms with E-state index in [1.54, 1.807) is 6.92 Å². The van der Waals surface area contributed by atoms with Gasteiger partial charge in [-0.3, -0.25) is 14.4 Å². The lowest BCUT2D eigenvalue weighted by Gasteiger charge is -2.33. The van der Waals surface area contributed by atoms with Gasteiger partial charge in [-0.2, -0.15) is 10.2 Å². The van der Waals surface area contributed by atoms with Crippen molar-refractivity contribution in [1.82, 2.24) is 10.6 Å². The van der Waals surface area contributed by atoms with Crippen LogP contribution < -0.4 is 16.4 Å². The fourth-order valence-electron chi connectivity index (χ4n) is 1.67. The van der Waals surface area contributed by atoms with Crippen molar-refractivity contribution in [3.63, 3.8) is 0 Å². The average Bonchev–Trinajstić information content (AvgIpc) is 2.80. The molecule has 194 valence electrons. The largest absolute Gasteiger partial charge is 0.394 e. The molecule has 0 rings (SSSR count). The Balaban J connectivity index is 0. The van der Waals surface area contributed by atoms with E-state index in [2.05, 4.69) is 26.6 Å². The molecule has 14 heteroatoms. The Labute approximate surface area is 192 Å². The number of azo groups is 1. The van der Waals surface area contributed by atoms with Crippen LogP contribution in [0.5, 0.6) is 0 Å². The third-order valence-electron chi connectivity index (χ3n) is 4.58. The molecule has 0 radical (unpaired) electrons. The Morgan fingerprint density at radius 3 is 1.03 bits per heavy atom. The van der Waals surface area contributed by atoms with E-state index in [4.69, 9.17) is 0 Å². The smallest absolute Gasteiger partial charge is 0.249 e. The first-order chi connectivity index (χ1) is 15.1. The molecule has 0 aromatic carbocycles. The molecule has 0 saturated heterocycles. The topological polar surface area (TPSA) is 247 Å². The van der Waals surface area contributed by atoms with Crippen molar-refractivity contribution < 1.29 is 45.0 Å². The molecule has 0 fully saturated rings. The molecule has 0 saturated carbocycles. The van der Waals surface area contributed by atoms with Gasteiger partial charge in [0.25, 0.3) is 0 Å². The van der Waals surface area contributed by atoms with Gasteiger partial charge in [-0.05, 0) is 27.7 Å². The summed E-state index contributed by atoms with van der Waals surface area (Å²) in [4.78, 5) is 34.4. The fraction of sp³-hybridized carbons (Fsp3) is 0.842. The minimum absolute atomic E-state index is 0.245. The second-order valence-electron chi connectivity index (χ2n) is 8.56. The number of nitrogens with zero attached hydrogens (tertiary/aromatic N) is 2. The summed E-state index contributed by atoms with van der Waals surface area (Å²) in [6, 6.07) is 0. The van der Waals surface area contributed by atoms with Crippen molar-refractivity contribution in [3.05, 3.63) is 0 Å². The normalized spacial score (nSPS) is 12.7. The number of carbonyl (C=O) groups is 3. The van der Waals surface area contributed by atoms with Gasteiger partial charge in [0.1, 0.15) is 11.1 Å². The summed E-state index contributed by atoms with van der Waals surface area (Å²) < 4.78 is 0. The van der Waals surface area contributed by atoms with Gasteiger partial charge in [0.15, 0.2) is 11.1 Å². The molecule has 0 aliphatic carbocycles. The summed E-state index contributed by atoms with van der Waals surface area (Å²) >= 11 is 0. The summed E-state index contributed by atoms with van der Waals surface area (Å²) in [5.74, 6) is -1.77. The molecule has 0 bridgehead atoms. The maximum atomic E-state index is 12.4. The lowest BCUT2D eigenvalue weighted by Crippen LogP contribution is -2.61. The second-order valence-corrected chi connectivity index (χ2v) is 8.56. The van der Waals surface area contributed by atoms with Crippen molar-refractivity contribution in [1.29, 1.82) is 0 Å². The summed E-state index contributed by atoms with van der Waals surface area (Å²) in [5.41, 5.74) is -1.67. The van der Waals surface area contributed by atoms with E-state index in [0.717, 1.165) is 0 Å². The number of aliphatic hydroxyl groups is 6. The van der Waals surface area contributed by atoms with Crippen LogP contribution in [0.4, 0.5) is 0 Å². The number of hydrogen-bond acceptors (Lipinski definition) is 11. The number of rotatable bonds is 13. The molecule has 0 unspecified atom stereocenters. The first-order valence-electron chi connectivity index (χ1n) is 10.1. The lowest BCUT2D eigenvalue weighted by atomic mass is 9.98. The highest BCUT2D eigenvalue weighted by Gasteiger charge is 2.39. The zero-order chi connectivity index (χ0) is 26.5. The van der Waals surface area contributed by atoms with Gasteiger partial charge in [0.2, 0.25) is 17.7 Å². The summed E-state index contributed by atoms with van der Waals surface area (Å²) in [5, 5.41) is 68.1. The van der Waals surface area contributed by atoms with E-state index >= 15 is 0 Å². The van der Waals surface area contributed by atoms with Crippen LogP contribution in [0.1, 0.15) is 41.0 Å². The molecule has 0 atom stereocenters. The van der Waals surface area contributed by atoms with Gasteiger partial charge in [-0.15, -0.1) is 0 Å². The van der Waals surface area contributed by atoms with Crippen molar-refractivity contribution in [2.45, 2.75) is 63.2 Å². The number of nitrogens with two attached hydrogens (primary N) is 1. The van der Waals surface area contributed by atoms with E-state index < -0.39 is 73.6 Å². The monoisotopic (exact) mass is 481 g/mol. The molecule has 0 aliphatic heterocycles. The standard InChI is InChI=1S/C16H32N4O8.C3H7NO/c1-13(2,11(27)17-15(5-21,6-22)7-23)19-20-14(3,4)12(28)18-16(8-24,9-25)10-26;1-2-3(4)5/h21-26H,5-10H2,1-4H3,(H,17,27)(H,18,28);2H2,1H3,(H2,4,5). The zero-order valence-corrected chi connectivity index (χ0v) is 19.8. The van der Waals surface area contributed by atoms with Crippen LogP contribution in [0.15, 0.2) is 10.2 Å². The fourth-order valence-corrected chi connectivity index (χ4v) is 1.67. The number of primary amides is 1. The third kappa shape index (κ3) is 10.5. The molecule has 0 aromatic rings. The number of nitrogens with one attached hydrogen (secondary N) is 2. The number of aliphatic hydroxyl groups excluding tert-OH is 6.